The van der Waals surface area contributed by atoms with Gasteiger partial charge >= 0.3 is 11.9 Å². The van der Waals surface area contributed by atoms with Crippen molar-refractivity contribution in [2.24, 2.45) is 5.92 Å². The minimum Gasteiger partial charge on any atom is -0.494 e. The molecule has 0 amide bonds. The normalized spacial score (nSPS) is 15.0. The molecule has 0 N–H and O–H groups in total. The van der Waals surface area contributed by atoms with Crippen LogP contribution in [0, 0.1) is 5.92 Å². The molecule has 0 bridgehead atoms. The number of fused-ring (bicyclic) bond motifs is 1. The summed E-state index contributed by atoms with van der Waals surface area (Å²) in [6.07, 6.45) is 0.631. The number of esters is 2. The number of sulfonamides is 1. The van der Waals surface area contributed by atoms with Crippen molar-refractivity contribution in [3.63, 3.8) is 0 Å². The van der Waals surface area contributed by atoms with Gasteiger partial charge < -0.3 is 14.2 Å². The van der Waals surface area contributed by atoms with E-state index in [9.17, 15) is 18.0 Å². The number of methoxy groups -OCH3 is 1. The van der Waals surface area contributed by atoms with E-state index in [0.717, 1.165) is 10.8 Å². The van der Waals surface area contributed by atoms with Crippen molar-refractivity contribution in [2.45, 2.75) is 24.7 Å². The third kappa shape index (κ3) is 5.31. The second-order valence-electron chi connectivity index (χ2n) is 8.19. The Morgan fingerprint density at radius 2 is 1.60 bits per heavy atom. The summed E-state index contributed by atoms with van der Waals surface area (Å²) in [6, 6.07) is 17.0. The monoisotopic (exact) mass is 497 g/mol. The van der Waals surface area contributed by atoms with Crippen LogP contribution in [0.25, 0.3) is 10.8 Å². The number of benzene rings is 3. The van der Waals surface area contributed by atoms with Crippen molar-refractivity contribution in [1.82, 2.24) is 4.31 Å². The fourth-order valence-electron chi connectivity index (χ4n) is 4.12. The molecule has 0 saturated carbocycles. The van der Waals surface area contributed by atoms with Crippen LogP contribution >= 0.6 is 0 Å². The summed E-state index contributed by atoms with van der Waals surface area (Å²) < 4.78 is 43.3. The van der Waals surface area contributed by atoms with E-state index in [1.165, 1.54) is 23.5 Å². The molecule has 8 nitrogen and oxygen atoms in total. The SMILES string of the molecule is CCOc1ccc(S(=O)(=O)N2CCC(C(=O)Oc3cc4ccccc4cc3C(=O)OC)CC2)cc1. The number of hydrogen-bond donors (Lipinski definition) is 0. The highest BCUT2D eigenvalue weighted by Crippen LogP contribution is 2.30. The number of ether oxygens (including phenoxy) is 3. The van der Waals surface area contributed by atoms with E-state index in [4.69, 9.17) is 14.2 Å². The topological polar surface area (TPSA) is 99.2 Å². The predicted molar refractivity (Wildman–Crippen MR) is 130 cm³/mol. The average Bonchev–Trinajstić information content (AvgIpc) is 2.88. The number of carbonyl (C=O) groups is 2. The van der Waals surface area contributed by atoms with Crippen LogP contribution in [0.15, 0.2) is 65.6 Å². The van der Waals surface area contributed by atoms with Gasteiger partial charge in [0.2, 0.25) is 10.0 Å². The van der Waals surface area contributed by atoms with Crippen molar-refractivity contribution in [2.75, 3.05) is 26.8 Å². The highest BCUT2D eigenvalue weighted by atomic mass is 32.2. The minimum atomic E-state index is -3.68. The highest BCUT2D eigenvalue weighted by molar-refractivity contribution is 7.89. The molecule has 184 valence electrons. The van der Waals surface area contributed by atoms with Gasteiger partial charge in [-0.15, -0.1) is 0 Å². The summed E-state index contributed by atoms with van der Waals surface area (Å²) in [5.74, 6) is -0.852. The van der Waals surface area contributed by atoms with Crippen molar-refractivity contribution in [1.29, 1.82) is 0 Å². The van der Waals surface area contributed by atoms with Gasteiger partial charge in [-0.2, -0.15) is 4.31 Å². The van der Waals surface area contributed by atoms with Gasteiger partial charge in [-0.3, -0.25) is 4.79 Å². The summed E-state index contributed by atoms with van der Waals surface area (Å²) in [6.45, 7) is 2.74. The molecule has 3 aromatic rings. The molecular formula is C26H27NO7S. The molecule has 4 rings (SSSR count). The standard InChI is InChI=1S/C26H27NO7S/c1-3-33-21-8-10-22(11-9-21)35(30,31)27-14-12-18(13-15-27)25(28)34-24-17-20-7-5-4-6-19(20)16-23(24)26(29)32-2/h4-11,16-18H,3,12-15H2,1-2H3. The fraction of sp³-hybridized carbons (Fsp3) is 0.308. The maximum absolute atomic E-state index is 13.0. The van der Waals surface area contributed by atoms with Crippen molar-refractivity contribution in [3.8, 4) is 11.5 Å². The van der Waals surface area contributed by atoms with Gasteiger partial charge in [-0.05, 0) is 66.9 Å². The third-order valence-electron chi connectivity index (χ3n) is 6.02. The van der Waals surface area contributed by atoms with Crippen LogP contribution in [-0.4, -0.2) is 51.5 Å². The first-order valence-electron chi connectivity index (χ1n) is 11.4. The van der Waals surface area contributed by atoms with E-state index >= 15 is 0 Å². The first-order valence-corrected chi connectivity index (χ1v) is 12.8. The van der Waals surface area contributed by atoms with Gasteiger partial charge in [-0.25, -0.2) is 13.2 Å². The van der Waals surface area contributed by atoms with Crippen molar-refractivity contribution >= 4 is 32.7 Å². The Balaban J connectivity index is 1.45. The van der Waals surface area contributed by atoms with Crippen LogP contribution in [0.2, 0.25) is 0 Å². The Hall–Kier alpha value is -3.43. The van der Waals surface area contributed by atoms with E-state index in [2.05, 4.69) is 0 Å². The molecule has 0 aliphatic carbocycles. The summed E-state index contributed by atoms with van der Waals surface area (Å²) >= 11 is 0. The first kappa shape index (κ1) is 24.7. The van der Waals surface area contributed by atoms with E-state index < -0.39 is 27.9 Å². The van der Waals surface area contributed by atoms with E-state index in [1.54, 1.807) is 24.3 Å². The molecule has 9 heteroatoms. The zero-order chi connectivity index (χ0) is 25.0. The summed E-state index contributed by atoms with van der Waals surface area (Å²) in [7, 11) is -2.42. The summed E-state index contributed by atoms with van der Waals surface area (Å²) in [5.41, 5.74) is 0.162. The van der Waals surface area contributed by atoms with Gasteiger partial charge in [0, 0.05) is 13.1 Å². The molecule has 0 atom stereocenters. The molecular weight excluding hydrogens is 470 g/mol. The van der Waals surface area contributed by atoms with Gasteiger partial charge in [0.05, 0.1) is 24.5 Å². The Labute approximate surface area is 204 Å². The lowest BCUT2D eigenvalue weighted by Crippen LogP contribution is -2.41. The molecule has 1 aliphatic heterocycles. The largest absolute Gasteiger partial charge is 0.494 e. The molecule has 0 aromatic heterocycles. The molecule has 1 heterocycles. The molecule has 0 radical (unpaired) electrons. The molecule has 35 heavy (non-hydrogen) atoms. The van der Waals surface area contributed by atoms with Crippen molar-refractivity contribution < 1.29 is 32.2 Å². The molecule has 1 aliphatic rings. The van der Waals surface area contributed by atoms with Crippen LogP contribution < -0.4 is 9.47 Å². The summed E-state index contributed by atoms with van der Waals surface area (Å²) in [5, 5.41) is 1.64. The molecule has 0 spiro atoms. The predicted octanol–water partition coefficient (Wildman–Crippen LogP) is 4.03. The average molecular weight is 498 g/mol. The van der Waals surface area contributed by atoms with Gasteiger partial charge in [0.1, 0.15) is 17.1 Å². The number of nitrogens with zero attached hydrogens (tertiary/aromatic N) is 1. The van der Waals surface area contributed by atoms with Crippen LogP contribution in [0.3, 0.4) is 0 Å². The van der Waals surface area contributed by atoms with Gasteiger partial charge in [-0.1, -0.05) is 24.3 Å². The quantitative estimate of drug-likeness (QED) is 0.359. The number of hydrogen-bond acceptors (Lipinski definition) is 7. The zero-order valence-electron chi connectivity index (χ0n) is 19.6. The summed E-state index contributed by atoms with van der Waals surface area (Å²) in [4.78, 5) is 25.4. The highest BCUT2D eigenvalue weighted by Gasteiger charge is 2.33. The number of rotatable bonds is 7. The Morgan fingerprint density at radius 1 is 0.971 bits per heavy atom. The minimum absolute atomic E-state index is 0.130. The molecule has 1 fully saturated rings. The Morgan fingerprint density at radius 3 is 2.20 bits per heavy atom. The fourth-order valence-corrected chi connectivity index (χ4v) is 5.59. The van der Waals surface area contributed by atoms with Crippen LogP contribution in [-0.2, 0) is 19.6 Å². The maximum Gasteiger partial charge on any atom is 0.341 e. The lowest BCUT2D eigenvalue weighted by atomic mass is 9.98. The van der Waals surface area contributed by atoms with E-state index in [1.807, 2.05) is 31.2 Å². The molecule has 3 aromatic carbocycles. The van der Waals surface area contributed by atoms with Gasteiger partial charge in [0.25, 0.3) is 0 Å². The van der Waals surface area contributed by atoms with Crippen LogP contribution in [0.1, 0.15) is 30.1 Å². The lowest BCUT2D eigenvalue weighted by molar-refractivity contribution is -0.140. The Bertz CT molecular complexity index is 1330. The first-order chi connectivity index (χ1) is 16.8. The Kier molecular flexibility index (Phi) is 7.37. The molecule has 1 saturated heterocycles. The second-order valence-corrected chi connectivity index (χ2v) is 10.1. The smallest absolute Gasteiger partial charge is 0.341 e. The van der Waals surface area contributed by atoms with Crippen LogP contribution in [0.5, 0.6) is 11.5 Å². The van der Waals surface area contributed by atoms with Crippen molar-refractivity contribution in [3.05, 3.63) is 66.2 Å². The van der Waals surface area contributed by atoms with E-state index in [0.29, 0.717) is 25.2 Å². The van der Waals surface area contributed by atoms with Crippen LogP contribution in [0.4, 0.5) is 0 Å². The number of carbonyl (C=O) groups excluding carboxylic acids is 2. The molecule has 0 unspecified atom stereocenters. The van der Waals surface area contributed by atoms with Gasteiger partial charge in [0.15, 0.2) is 0 Å². The maximum atomic E-state index is 13.0. The van der Waals surface area contributed by atoms with E-state index in [-0.39, 0.29) is 29.3 Å². The zero-order valence-corrected chi connectivity index (χ0v) is 20.4. The second kappa shape index (κ2) is 10.5. The third-order valence-corrected chi connectivity index (χ3v) is 7.94. The lowest BCUT2D eigenvalue weighted by Gasteiger charge is -2.30. The number of piperidine rings is 1.